The first-order chi connectivity index (χ1) is 14.6. The first-order valence-corrected chi connectivity index (χ1v) is 11.7. The van der Waals surface area contributed by atoms with Crippen molar-refractivity contribution in [2.24, 2.45) is 5.10 Å². The molecule has 0 saturated heterocycles. The molecule has 0 unspecified atom stereocenters. The van der Waals surface area contributed by atoms with Crippen molar-refractivity contribution in [3.63, 3.8) is 0 Å². The highest BCUT2D eigenvalue weighted by Gasteiger charge is 2.23. The van der Waals surface area contributed by atoms with E-state index in [0.717, 1.165) is 22.1 Å². The number of nitrogens with one attached hydrogen (secondary N) is 2. The molecule has 0 aliphatic rings. The van der Waals surface area contributed by atoms with Crippen LogP contribution >= 0.6 is 22.9 Å². The summed E-state index contributed by atoms with van der Waals surface area (Å²) < 4.78 is 29.3. The van der Waals surface area contributed by atoms with Gasteiger partial charge in [-0.2, -0.15) is 5.10 Å². The Morgan fingerprint density at radius 1 is 1.10 bits per heavy atom. The van der Waals surface area contributed by atoms with Gasteiger partial charge in [-0.3, -0.25) is 20.3 Å². The number of sulfonamides is 1. The van der Waals surface area contributed by atoms with E-state index in [2.05, 4.69) is 15.2 Å². The average molecular weight is 479 g/mol. The molecule has 0 atom stereocenters. The molecule has 0 aliphatic heterocycles. The second-order valence-electron chi connectivity index (χ2n) is 6.77. The molecule has 0 aliphatic carbocycles. The van der Waals surface area contributed by atoms with Crippen LogP contribution in [0.4, 0.5) is 17.1 Å². The van der Waals surface area contributed by atoms with Crippen LogP contribution in [0.3, 0.4) is 0 Å². The number of hydrazone groups is 1. The van der Waals surface area contributed by atoms with Crippen LogP contribution in [0.2, 0.25) is 4.34 Å². The molecule has 11 heteroatoms. The first kappa shape index (κ1) is 22.7. The molecule has 0 saturated carbocycles. The maximum absolute atomic E-state index is 13.1. The van der Waals surface area contributed by atoms with Gasteiger partial charge in [-0.25, -0.2) is 8.42 Å². The summed E-state index contributed by atoms with van der Waals surface area (Å²) in [5.41, 5.74) is 5.15. The maximum Gasteiger partial charge on any atom is 0.270 e. The second-order valence-corrected chi connectivity index (χ2v) is 10.1. The van der Waals surface area contributed by atoms with E-state index < -0.39 is 14.9 Å². The Labute approximate surface area is 188 Å². The number of rotatable bonds is 7. The van der Waals surface area contributed by atoms with E-state index in [4.69, 9.17) is 11.6 Å². The van der Waals surface area contributed by atoms with Gasteiger partial charge in [0.25, 0.3) is 15.7 Å². The Hall–Kier alpha value is -2.95. The molecule has 3 rings (SSSR count). The molecular formula is C20H19ClN4O4S2. The van der Waals surface area contributed by atoms with Gasteiger partial charge in [0.05, 0.1) is 31.2 Å². The number of nitro groups is 1. The van der Waals surface area contributed by atoms with Gasteiger partial charge in [0, 0.05) is 12.1 Å². The largest absolute Gasteiger partial charge is 0.279 e. The van der Waals surface area contributed by atoms with Crippen molar-refractivity contribution in [2.75, 3.05) is 10.1 Å². The van der Waals surface area contributed by atoms with Crippen molar-refractivity contribution in [1.29, 1.82) is 0 Å². The number of anilines is 2. The number of benzene rings is 2. The smallest absolute Gasteiger partial charge is 0.270 e. The number of thiophene rings is 1. The standard InChI is InChI=1S/C20H19ClN4O4S2/c1-12-4-6-16(13(2)10-12)24-31(28,29)19-11-15(25(26)27)5-7-17(19)23-22-14(3)18-8-9-20(21)30-18/h4-11,23-24H,1-3H3. The molecule has 2 aromatic carbocycles. The normalized spacial score (nSPS) is 11.9. The van der Waals surface area contributed by atoms with Crippen LogP contribution < -0.4 is 10.1 Å². The van der Waals surface area contributed by atoms with Crippen LogP contribution in [0.15, 0.2) is 58.5 Å². The zero-order valence-electron chi connectivity index (χ0n) is 16.8. The minimum absolute atomic E-state index is 0.102. The van der Waals surface area contributed by atoms with Crippen molar-refractivity contribution in [3.8, 4) is 0 Å². The average Bonchev–Trinajstić information content (AvgIpc) is 3.14. The van der Waals surface area contributed by atoms with Crippen LogP contribution in [-0.2, 0) is 10.0 Å². The van der Waals surface area contributed by atoms with Crippen LogP contribution in [0.25, 0.3) is 0 Å². The predicted octanol–water partition coefficient (Wildman–Crippen LogP) is 5.56. The van der Waals surface area contributed by atoms with Crippen molar-refractivity contribution >= 4 is 55.7 Å². The summed E-state index contributed by atoms with van der Waals surface area (Å²) in [5.74, 6) is 0. The Morgan fingerprint density at radius 3 is 2.42 bits per heavy atom. The fraction of sp³-hybridized carbons (Fsp3) is 0.150. The third-order valence-electron chi connectivity index (χ3n) is 4.37. The first-order valence-electron chi connectivity index (χ1n) is 9.01. The number of hydrogen-bond acceptors (Lipinski definition) is 7. The van der Waals surface area contributed by atoms with Crippen molar-refractivity contribution in [2.45, 2.75) is 25.7 Å². The second kappa shape index (κ2) is 9.04. The van der Waals surface area contributed by atoms with Gasteiger partial charge in [0.15, 0.2) is 0 Å². The Morgan fingerprint density at radius 2 is 1.81 bits per heavy atom. The summed E-state index contributed by atoms with van der Waals surface area (Å²) in [6, 6.07) is 12.3. The lowest BCUT2D eigenvalue weighted by Crippen LogP contribution is -2.16. The van der Waals surface area contributed by atoms with E-state index >= 15 is 0 Å². The van der Waals surface area contributed by atoms with Crippen molar-refractivity contribution in [3.05, 3.63) is 79.0 Å². The number of halogens is 1. The van der Waals surface area contributed by atoms with Gasteiger partial charge < -0.3 is 0 Å². The van der Waals surface area contributed by atoms with Crippen LogP contribution in [0, 0.1) is 24.0 Å². The van der Waals surface area contributed by atoms with E-state index in [1.54, 1.807) is 38.1 Å². The molecule has 1 aromatic heterocycles. The molecule has 8 nitrogen and oxygen atoms in total. The van der Waals surface area contributed by atoms with Crippen molar-refractivity contribution < 1.29 is 13.3 Å². The fourth-order valence-electron chi connectivity index (χ4n) is 2.78. The van der Waals surface area contributed by atoms with E-state index in [9.17, 15) is 18.5 Å². The molecular weight excluding hydrogens is 460 g/mol. The topological polar surface area (TPSA) is 114 Å². The Bertz CT molecular complexity index is 1290. The Kier molecular flexibility index (Phi) is 6.63. The zero-order valence-corrected chi connectivity index (χ0v) is 19.2. The van der Waals surface area contributed by atoms with Gasteiger partial charge in [0.2, 0.25) is 0 Å². The van der Waals surface area contributed by atoms with Crippen LogP contribution in [0.1, 0.15) is 22.9 Å². The highest BCUT2D eigenvalue weighted by Crippen LogP contribution is 2.30. The van der Waals surface area contributed by atoms with E-state index in [-0.39, 0.29) is 16.3 Å². The van der Waals surface area contributed by atoms with Gasteiger partial charge in [0.1, 0.15) is 4.90 Å². The quantitative estimate of drug-likeness (QED) is 0.262. The highest BCUT2D eigenvalue weighted by atomic mass is 35.5. The summed E-state index contributed by atoms with van der Waals surface area (Å²) >= 11 is 7.27. The highest BCUT2D eigenvalue weighted by molar-refractivity contribution is 7.92. The summed E-state index contributed by atoms with van der Waals surface area (Å²) in [4.78, 5) is 11.1. The molecule has 0 spiro atoms. The molecule has 2 N–H and O–H groups in total. The summed E-state index contributed by atoms with van der Waals surface area (Å²) in [5, 5.41) is 15.4. The number of non-ortho nitro benzene ring substituents is 1. The third kappa shape index (κ3) is 5.40. The lowest BCUT2D eigenvalue weighted by Gasteiger charge is -2.14. The van der Waals surface area contributed by atoms with E-state index in [1.165, 1.54) is 23.5 Å². The lowest BCUT2D eigenvalue weighted by atomic mass is 10.1. The Balaban J connectivity index is 2.00. The molecule has 162 valence electrons. The maximum atomic E-state index is 13.1. The molecule has 3 aromatic rings. The van der Waals surface area contributed by atoms with Gasteiger partial charge in [-0.1, -0.05) is 29.3 Å². The SMILES string of the molecule is CC(=NNc1ccc([N+](=O)[O-])cc1S(=O)(=O)Nc1ccc(C)cc1C)c1ccc(Cl)s1. The molecule has 31 heavy (non-hydrogen) atoms. The molecule has 0 fully saturated rings. The van der Waals surface area contributed by atoms with Gasteiger partial charge in [-0.05, 0) is 50.6 Å². The minimum atomic E-state index is -4.15. The fourth-order valence-corrected chi connectivity index (χ4v) is 5.07. The number of hydrogen-bond donors (Lipinski definition) is 2. The summed E-state index contributed by atoms with van der Waals surface area (Å²) in [6.45, 7) is 5.41. The molecule has 1 heterocycles. The molecule has 0 amide bonds. The molecule has 0 bridgehead atoms. The summed E-state index contributed by atoms with van der Waals surface area (Å²) in [7, 11) is -4.15. The predicted molar refractivity (Wildman–Crippen MR) is 125 cm³/mol. The summed E-state index contributed by atoms with van der Waals surface area (Å²) in [6.07, 6.45) is 0. The third-order valence-corrected chi connectivity index (χ3v) is 7.11. The molecule has 0 radical (unpaired) electrons. The number of nitro benzene ring substituents is 1. The van der Waals surface area contributed by atoms with Gasteiger partial charge >= 0.3 is 0 Å². The number of aryl methyl sites for hydroxylation is 2. The number of nitrogens with zero attached hydrogens (tertiary/aromatic N) is 2. The van der Waals surface area contributed by atoms with E-state index in [0.29, 0.717) is 15.7 Å². The van der Waals surface area contributed by atoms with Crippen LogP contribution in [0.5, 0.6) is 0 Å². The minimum Gasteiger partial charge on any atom is -0.279 e. The monoisotopic (exact) mass is 478 g/mol. The van der Waals surface area contributed by atoms with Gasteiger partial charge in [-0.15, -0.1) is 11.3 Å². The van der Waals surface area contributed by atoms with E-state index in [1.807, 2.05) is 13.0 Å². The lowest BCUT2D eigenvalue weighted by molar-refractivity contribution is -0.385. The van der Waals surface area contributed by atoms with Crippen LogP contribution in [-0.4, -0.2) is 19.1 Å². The van der Waals surface area contributed by atoms with Crippen molar-refractivity contribution in [1.82, 2.24) is 0 Å². The zero-order chi connectivity index (χ0) is 22.8.